The van der Waals surface area contributed by atoms with E-state index in [4.69, 9.17) is 20.9 Å². The van der Waals surface area contributed by atoms with Gasteiger partial charge in [0.2, 0.25) is 5.91 Å². The highest BCUT2D eigenvalue weighted by molar-refractivity contribution is 5.96. The number of carbonyl (C=O) groups excluding carboxylic acids is 2. The molecule has 0 saturated carbocycles. The van der Waals surface area contributed by atoms with Crippen LogP contribution >= 0.6 is 0 Å². The van der Waals surface area contributed by atoms with Crippen LogP contribution in [-0.4, -0.2) is 66.7 Å². The van der Waals surface area contributed by atoms with Crippen molar-refractivity contribution in [2.24, 2.45) is 5.73 Å². The van der Waals surface area contributed by atoms with E-state index in [1.54, 1.807) is 31.2 Å². The first kappa shape index (κ1) is 33.0. The molecule has 3 aromatic heterocycles. The maximum absolute atomic E-state index is 13.7. The number of aryl methyl sites for hydroxylation is 1. The Balaban J connectivity index is 0.00000169. The molecule has 0 spiro atoms. The Labute approximate surface area is 248 Å². The summed E-state index contributed by atoms with van der Waals surface area (Å²) in [5, 5.41) is 27.8. The summed E-state index contributed by atoms with van der Waals surface area (Å²) in [4.78, 5) is 41.2. The topological polar surface area (TPSA) is 205 Å². The van der Waals surface area contributed by atoms with Crippen molar-refractivity contribution in [1.82, 2.24) is 34.8 Å². The Hall–Kier alpha value is -5.50. The van der Waals surface area contributed by atoms with Crippen LogP contribution in [0, 0.1) is 11.3 Å². The molecule has 1 atom stereocenters. The molecule has 6 N–H and O–H groups in total. The molecule has 4 aromatic rings. The molecule has 1 aromatic carbocycles. The summed E-state index contributed by atoms with van der Waals surface area (Å²) in [6, 6.07) is 6.23. The number of benzene rings is 1. The van der Waals surface area contributed by atoms with Crippen molar-refractivity contribution in [1.29, 1.82) is 5.26 Å². The SMILES string of the molecule is CCc1cc(Nc2nccn3c(-c4cn(CC#N)nc4C(F)(F)F)cnc23)ccc1C(=O)NCCNC(=O)C(C)N.O=CO. The average molecular weight is 615 g/mol. The third-order valence-corrected chi connectivity index (χ3v) is 6.08. The highest BCUT2D eigenvalue weighted by Gasteiger charge is 2.38. The number of fused-ring (bicyclic) bond motifs is 1. The lowest BCUT2D eigenvalue weighted by Gasteiger charge is -2.13. The number of halogens is 3. The molecule has 0 fully saturated rings. The van der Waals surface area contributed by atoms with Gasteiger partial charge in [0.05, 0.1) is 29.6 Å². The molecular formula is C27H29F3N10O4. The number of hydrogen-bond acceptors (Lipinski definition) is 9. The van der Waals surface area contributed by atoms with Crippen molar-refractivity contribution >= 4 is 35.4 Å². The maximum atomic E-state index is 13.7. The molecule has 0 bridgehead atoms. The van der Waals surface area contributed by atoms with Crippen LogP contribution in [0.3, 0.4) is 0 Å². The van der Waals surface area contributed by atoms with Crippen molar-refractivity contribution < 1.29 is 32.7 Å². The number of nitrogens with one attached hydrogen (secondary N) is 3. The minimum absolute atomic E-state index is 0.125. The largest absolute Gasteiger partial charge is 0.483 e. The number of hydrogen-bond donors (Lipinski definition) is 5. The lowest BCUT2D eigenvalue weighted by atomic mass is 10.0. The number of aromatic nitrogens is 5. The second-order valence-corrected chi connectivity index (χ2v) is 9.15. The maximum Gasteiger partial charge on any atom is 0.435 e. The molecule has 0 aliphatic carbocycles. The van der Waals surface area contributed by atoms with E-state index in [0.717, 1.165) is 16.4 Å². The fourth-order valence-corrected chi connectivity index (χ4v) is 4.12. The second kappa shape index (κ2) is 14.6. The second-order valence-electron chi connectivity index (χ2n) is 9.15. The van der Waals surface area contributed by atoms with Gasteiger partial charge in [0, 0.05) is 42.9 Å². The Morgan fingerprint density at radius 3 is 2.57 bits per heavy atom. The van der Waals surface area contributed by atoms with E-state index in [2.05, 4.69) is 31.0 Å². The highest BCUT2D eigenvalue weighted by Crippen LogP contribution is 2.37. The minimum Gasteiger partial charge on any atom is -0.483 e. The number of alkyl halides is 3. The number of carboxylic acid groups (broad SMARTS) is 1. The first-order valence-corrected chi connectivity index (χ1v) is 13.1. The van der Waals surface area contributed by atoms with Crippen LogP contribution < -0.4 is 21.7 Å². The van der Waals surface area contributed by atoms with Gasteiger partial charge >= 0.3 is 6.18 Å². The standard InChI is InChI=1S/C26H27F3N10O2.CH2O2/c1-3-16-12-17(4-5-18(16)25(41)34-8-7-33-24(40)15(2)31)36-22-23-35-13-20(39(23)11-9-32-22)19-14-38(10-6-30)37-21(19)26(27,28)29;2-1-3/h4-5,9,11-15H,3,7-8,10,31H2,1-2H3,(H,32,36)(H,33,40)(H,34,41);1H,(H,2,3). The van der Waals surface area contributed by atoms with Crippen LogP contribution in [0.1, 0.15) is 35.5 Å². The molecule has 0 aliphatic heterocycles. The predicted octanol–water partition coefficient (Wildman–Crippen LogP) is 2.34. The van der Waals surface area contributed by atoms with Crippen LogP contribution in [0.2, 0.25) is 0 Å². The van der Waals surface area contributed by atoms with Crippen LogP contribution in [0.4, 0.5) is 24.7 Å². The number of amides is 2. The van der Waals surface area contributed by atoms with Gasteiger partial charge in [-0.05, 0) is 37.1 Å². The van der Waals surface area contributed by atoms with Gasteiger partial charge in [0.25, 0.3) is 12.4 Å². The number of carbonyl (C=O) groups is 3. The van der Waals surface area contributed by atoms with Gasteiger partial charge in [-0.3, -0.25) is 23.5 Å². The molecule has 0 saturated heterocycles. The van der Waals surface area contributed by atoms with Crippen molar-refractivity contribution in [3.8, 4) is 17.3 Å². The zero-order valence-corrected chi connectivity index (χ0v) is 23.6. The van der Waals surface area contributed by atoms with Crippen molar-refractivity contribution in [3.63, 3.8) is 0 Å². The molecule has 17 heteroatoms. The van der Waals surface area contributed by atoms with Crippen LogP contribution in [0.25, 0.3) is 16.9 Å². The molecule has 44 heavy (non-hydrogen) atoms. The van der Waals surface area contributed by atoms with Crippen molar-refractivity contribution in [3.05, 3.63) is 59.8 Å². The number of nitriles is 1. The number of nitrogens with two attached hydrogens (primary N) is 1. The monoisotopic (exact) mass is 614 g/mol. The van der Waals surface area contributed by atoms with E-state index in [-0.39, 0.29) is 60.6 Å². The van der Waals surface area contributed by atoms with E-state index >= 15 is 0 Å². The van der Waals surface area contributed by atoms with E-state index < -0.39 is 17.9 Å². The number of imidazole rings is 1. The number of anilines is 2. The molecule has 0 radical (unpaired) electrons. The molecule has 2 amide bonds. The first-order chi connectivity index (χ1) is 20.9. The van der Waals surface area contributed by atoms with Crippen molar-refractivity contribution in [2.45, 2.75) is 39.0 Å². The lowest BCUT2D eigenvalue weighted by molar-refractivity contribution is -0.141. The number of nitrogens with zero attached hydrogens (tertiary/aromatic N) is 6. The van der Waals surface area contributed by atoms with Gasteiger partial charge in [-0.25, -0.2) is 9.97 Å². The molecular weight excluding hydrogens is 585 g/mol. The predicted molar refractivity (Wildman–Crippen MR) is 152 cm³/mol. The molecule has 14 nitrogen and oxygen atoms in total. The lowest BCUT2D eigenvalue weighted by Crippen LogP contribution is -2.42. The molecule has 0 aliphatic rings. The third kappa shape index (κ3) is 7.86. The van der Waals surface area contributed by atoms with E-state index in [9.17, 15) is 22.8 Å². The average Bonchev–Trinajstić information content (AvgIpc) is 3.60. The summed E-state index contributed by atoms with van der Waals surface area (Å²) >= 11 is 0. The third-order valence-electron chi connectivity index (χ3n) is 6.08. The summed E-state index contributed by atoms with van der Waals surface area (Å²) in [6.07, 6.45) is 1.14. The Kier molecular flexibility index (Phi) is 11.0. The zero-order valence-electron chi connectivity index (χ0n) is 23.6. The Morgan fingerprint density at radius 2 is 1.93 bits per heavy atom. The quantitative estimate of drug-likeness (QED) is 0.130. The van der Waals surface area contributed by atoms with E-state index in [1.807, 2.05) is 6.92 Å². The summed E-state index contributed by atoms with van der Waals surface area (Å²) in [5.41, 5.74) is 6.32. The fourth-order valence-electron chi connectivity index (χ4n) is 4.12. The van der Waals surface area contributed by atoms with Crippen LogP contribution in [0.5, 0.6) is 0 Å². The summed E-state index contributed by atoms with van der Waals surface area (Å²) < 4.78 is 43.5. The van der Waals surface area contributed by atoms with Gasteiger partial charge in [-0.2, -0.15) is 23.5 Å². The zero-order chi connectivity index (χ0) is 32.4. The first-order valence-electron chi connectivity index (χ1n) is 13.1. The van der Waals surface area contributed by atoms with E-state index in [1.165, 1.54) is 23.0 Å². The van der Waals surface area contributed by atoms with E-state index in [0.29, 0.717) is 17.7 Å². The molecule has 232 valence electrons. The molecule has 4 rings (SSSR count). The van der Waals surface area contributed by atoms with Crippen molar-refractivity contribution in [2.75, 3.05) is 18.4 Å². The Morgan fingerprint density at radius 1 is 1.23 bits per heavy atom. The van der Waals surface area contributed by atoms with Gasteiger partial charge in [0.1, 0.15) is 6.54 Å². The van der Waals surface area contributed by atoms with Gasteiger partial charge in [-0.15, -0.1) is 0 Å². The summed E-state index contributed by atoms with van der Waals surface area (Å²) in [5.74, 6) is -0.341. The molecule has 3 heterocycles. The minimum atomic E-state index is -4.74. The van der Waals surface area contributed by atoms with Gasteiger partial charge in [0.15, 0.2) is 17.2 Å². The van der Waals surface area contributed by atoms with Gasteiger partial charge < -0.3 is 26.8 Å². The van der Waals surface area contributed by atoms with Crippen LogP contribution in [0.15, 0.2) is 43.0 Å². The van der Waals surface area contributed by atoms with Gasteiger partial charge in [-0.1, -0.05) is 6.92 Å². The normalized spacial score (nSPS) is 11.6. The molecule has 1 unspecified atom stereocenters. The van der Waals surface area contributed by atoms with Crippen LogP contribution in [-0.2, 0) is 28.7 Å². The smallest absolute Gasteiger partial charge is 0.435 e. The fraction of sp³-hybridized carbons (Fsp3) is 0.296. The summed E-state index contributed by atoms with van der Waals surface area (Å²) in [7, 11) is 0. The number of rotatable bonds is 10. The highest BCUT2D eigenvalue weighted by atomic mass is 19.4. The Bertz CT molecular complexity index is 1670. The summed E-state index contributed by atoms with van der Waals surface area (Å²) in [6.45, 7) is 3.32.